The molecule has 0 aromatic carbocycles. The van der Waals surface area contributed by atoms with Gasteiger partial charge in [0, 0.05) is 11.5 Å². The summed E-state index contributed by atoms with van der Waals surface area (Å²) in [7, 11) is 0. The van der Waals surface area contributed by atoms with Crippen LogP contribution in [0.4, 0.5) is 0 Å². The van der Waals surface area contributed by atoms with Crippen LogP contribution in [0, 0.1) is 0 Å². The number of hydrogen-bond acceptors (Lipinski definition) is 3. The normalized spacial score (nSPS) is 12.2. The molecule has 5 heteroatoms. The van der Waals surface area contributed by atoms with Crippen molar-refractivity contribution in [2.45, 2.75) is 13.2 Å². The van der Waals surface area contributed by atoms with Gasteiger partial charge in [-0.1, -0.05) is 5.11 Å². The number of ether oxygens (including phenoxy) is 1. The molecule has 0 saturated carbocycles. The van der Waals surface area contributed by atoms with Gasteiger partial charge in [-0.3, -0.25) is 0 Å². The smallest absolute Gasteiger partial charge is 0.151 e. The average molecular weight is 131 g/mol. The van der Waals surface area contributed by atoms with Crippen LogP contribution in [0.25, 0.3) is 10.4 Å². The van der Waals surface area contributed by atoms with Gasteiger partial charge in [-0.05, 0) is 12.5 Å². The lowest BCUT2D eigenvalue weighted by Crippen LogP contribution is -2.08. The van der Waals surface area contributed by atoms with Gasteiger partial charge in [-0.15, -0.1) is 0 Å². The molecule has 0 saturated heterocycles. The van der Waals surface area contributed by atoms with E-state index in [-0.39, 0.29) is 13.2 Å². The summed E-state index contributed by atoms with van der Waals surface area (Å²) < 4.78 is 4.63. The fourth-order valence-corrected chi connectivity index (χ4v) is 0.309. The van der Waals surface area contributed by atoms with Crippen molar-refractivity contribution < 1.29 is 9.84 Å². The first-order chi connectivity index (χ1) is 4.27. The summed E-state index contributed by atoms with van der Waals surface area (Å²) in [6, 6.07) is 0. The van der Waals surface area contributed by atoms with Crippen molar-refractivity contribution >= 4 is 0 Å². The molecule has 0 amide bonds. The number of nitrogens with zero attached hydrogens (tertiary/aromatic N) is 3. The van der Waals surface area contributed by atoms with Crippen LogP contribution in [0.5, 0.6) is 0 Å². The van der Waals surface area contributed by atoms with Crippen molar-refractivity contribution in [1.82, 2.24) is 0 Å². The SMILES string of the molecule is CC(O)OCCN=[N+]=[N-]. The lowest BCUT2D eigenvalue weighted by molar-refractivity contribution is -0.0819. The first-order valence-corrected chi connectivity index (χ1v) is 2.58. The Labute approximate surface area is 52.9 Å². The van der Waals surface area contributed by atoms with Gasteiger partial charge in [0.2, 0.25) is 0 Å². The van der Waals surface area contributed by atoms with Gasteiger partial charge in [-0.2, -0.15) is 0 Å². The van der Waals surface area contributed by atoms with Crippen molar-refractivity contribution in [2.75, 3.05) is 13.2 Å². The third-order valence-corrected chi connectivity index (χ3v) is 0.614. The summed E-state index contributed by atoms with van der Waals surface area (Å²) in [6.45, 7) is 2.03. The predicted octanol–water partition coefficient (Wildman–Crippen LogP) is 0.652. The second kappa shape index (κ2) is 5.37. The topological polar surface area (TPSA) is 78.2 Å². The van der Waals surface area contributed by atoms with E-state index in [2.05, 4.69) is 14.8 Å². The lowest BCUT2D eigenvalue weighted by Gasteiger charge is -2.02. The molecule has 0 spiro atoms. The van der Waals surface area contributed by atoms with Gasteiger partial charge in [0.05, 0.1) is 6.61 Å². The van der Waals surface area contributed by atoms with Gasteiger partial charge >= 0.3 is 0 Å². The fourth-order valence-electron chi connectivity index (χ4n) is 0.309. The monoisotopic (exact) mass is 131 g/mol. The zero-order valence-corrected chi connectivity index (χ0v) is 5.19. The molecule has 0 aromatic rings. The van der Waals surface area contributed by atoms with Crippen LogP contribution < -0.4 is 0 Å². The van der Waals surface area contributed by atoms with E-state index in [0.29, 0.717) is 0 Å². The van der Waals surface area contributed by atoms with Crippen LogP contribution in [0.1, 0.15) is 6.92 Å². The minimum absolute atomic E-state index is 0.265. The molecule has 0 bridgehead atoms. The van der Waals surface area contributed by atoms with Gasteiger partial charge in [0.25, 0.3) is 0 Å². The Bertz CT molecular complexity index is 108. The van der Waals surface area contributed by atoms with Crippen molar-refractivity contribution in [3.8, 4) is 0 Å². The van der Waals surface area contributed by atoms with Crippen molar-refractivity contribution in [2.24, 2.45) is 5.11 Å². The van der Waals surface area contributed by atoms with Crippen LogP contribution in [-0.4, -0.2) is 24.5 Å². The highest BCUT2D eigenvalue weighted by atomic mass is 16.6. The molecule has 1 atom stereocenters. The first-order valence-electron chi connectivity index (χ1n) is 2.58. The summed E-state index contributed by atoms with van der Waals surface area (Å²) in [4.78, 5) is 2.50. The van der Waals surface area contributed by atoms with E-state index in [1.165, 1.54) is 6.92 Å². The van der Waals surface area contributed by atoms with E-state index in [9.17, 15) is 0 Å². The number of aliphatic hydroxyl groups excluding tert-OH is 1. The molecule has 0 radical (unpaired) electrons. The summed E-state index contributed by atoms with van der Waals surface area (Å²) in [5.74, 6) is 0. The third kappa shape index (κ3) is 7.23. The maximum Gasteiger partial charge on any atom is 0.151 e. The first kappa shape index (κ1) is 8.23. The summed E-state index contributed by atoms with van der Waals surface area (Å²) in [5.41, 5.74) is 7.77. The zero-order valence-electron chi connectivity index (χ0n) is 5.19. The Kier molecular flexibility index (Phi) is 4.91. The van der Waals surface area contributed by atoms with Gasteiger partial charge in [0.15, 0.2) is 6.29 Å². The predicted molar refractivity (Wildman–Crippen MR) is 31.6 cm³/mol. The van der Waals surface area contributed by atoms with Crippen LogP contribution in [-0.2, 0) is 4.74 Å². The summed E-state index contributed by atoms with van der Waals surface area (Å²) in [5, 5.41) is 11.7. The lowest BCUT2D eigenvalue weighted by atomic mass is 10.7. The van der Waals surface area contributed by atoms with E-state index in [1.807, 2.05) is 0 Å². The molecule has 0 heterocycles. The molecule has 0 fully saturated rings. The fraction of sp³-hybridized carbons (Fsp3) is 1.00. The van der Waals surface area contributed by atoms with Crippen LogP contribution >= 0.6 is 0 Å². The number of hydrogen-bond donors (Lipinski definition) is 1. The van der Waals surface area contributed by atoms with Crippen molar-refractivity contribution in [3.63, 3.8) is 0 Å². The highest BCUT2D eigenvalue weighted by molar-refractivity contribution is 4.43. The van der Waals surface area contributed by atoms with Gasteiger partial charge in [0.1, 0.15) is 0 Å². The second-order valence-electron chi connectivity index (χ2n) is 1.42. The third-order valence-electron chi connectivity index (χ3n) is 0.614. The van der Waals surface area contributed by atoms with Crippen LogP contribution in [0.15, 0.2) is 5.11 Å². The molecule has 52 valence electrons. The minimum Gasteiger partial charge on any atom is -0.368 e. The van der Waals surface area contributed by atoms with E-state index in [1.54, 1.807) is 0 Å². The number of rotatable bonds is 4. The molecule has 0 aliphatic heterocycles. The molecule has 5 nitrogen and oxygen atoms in total. The maximum absolute atomic E-state index is 8.49. The van der Waals surface area contributed by atoms with Crippen molar-refractivity contribution in [1.29, 1.82) is 0 Å². The number of aliphatic hydroxyl groups is 1. The largest absolute Gasteiger partial charge is 0.368 e. The van der Waals surface area contributed by atoms with Gasteiger partial charge < -0.3 is 9.84 Å². The Balaban J connectivity index is 3.00. The van der Waals surface area contributed by atoms with Gasteiger partial charge in [-0.25, -0.2) is 0 Å². The maximum atomic E-state index is 8.49. The van der Waals surface area contributed by atoms with E-state index >= 15 is 0 Å². The Morgan fingerprint density at radius 3 is 3.00 bits per heavy atom. The molecule has 0 aliphatic carbocycles. The molecular formula is C4H9N3O2. The van der Waals surface area contributed by atoms with Crippen LogP contribution in [0.2, 0.25) is 0 Å². The molecule has 1 unspecified atom stereocenters. The van der Waals surface area contributed by atoms with Crippen LogP contribution in [0.3, 0.4) is 0 Å². The average Bonchev–Trinajstić information content (AvgIpc) is 1.80. The zero-order chi connectivity index (χ0) is 7.11. The minimum atomic E-state index is -0.779. The highest BCUT2D eigenvalue weighted by Crippen LogP contribution is 1.82. The quantitative estimate of drug-likeness (QED) is 0.200. The Hall–Kier alpha value is -0.770. The molecular weight excluding hydrogens is 122 g/mol. The highest BCUT2D eigenvalue weighted by Gasteiger charge is 1.90. The Morgan fingerprint density at radius 1 is 1.89 bits per heavy atom. The summed E-state index contributed by atoms with van der Waals surface area (Å²) >= 11 is 0. The standard InChI is InChI=1S/C4H9N3O2/c1-4(8)9-3-2-6-7-5/h4,8H,2-3H2,1H3. The number of azide groups is 1. The molecule has 0 rings (SSSR count). The second-order valence-corrected chi connectivity index (χ2v) is 1.42. The Morgan fingerprint density at radius 2 is 2.56 bits per heavy atom. The molecule has 0 aromatic heterocycles. The van der Waals surface area contributed by atoms with E-state index in [0.717, 1.165) is 0 Å². The van der Waals surface area contributed by atoms with Crippen molar-refractivity contribution in [3.05, 3.63) is 10.4 Å². The van der Waals surface area contributed by atoms with E-state index < -0.39 is 6.29 Å². The summed E-state index contributed by atoms with van der Waals surface area (Å²) in [6.07, 6.45) is -0.779. The molecule has 0 aliphatic rings. The van der Waals surface area contributed by atoms with E-state index in [4.69, 9.17) is 10.6 Å². The molecule has 1 N–H and O–H groups in total. The molecule has 9 heavy (non-hydrogen) atoms.